The van der Waals surface area contributed by atoms with Crippen LogP contribution in [0, 0.1) is 6.92 Å². The van der Waals surface area contributed by atoms with Gasteiger partial charge in [-0.1, -0.05) is 25.1 Å². The molecule has 33 heavy (non-hydrogen) atoms. The van der Waals surface area contributed by atoms with Crippen molar-refractivity contribution in [3.05, 3.63) is 50.7 Å². The average molecular weight is 457 g/mol. The summed E-state index contributed by atoms with van der Waals surface area (Å²) < 4.78 is 10.0. The van der Waals surface area contributed by atoms with Crippen LogP contribution in [0.4, 0.5) is 5.95 Å². The molecular weight excluding hydrogens is 424 g/mol. The van der Waals surface area contributed by atoms with Crippen LogP contribution in [0.5, 0.6) is 5.75 Å². The number of para-hydroxylation sites is 1. The van der Waals surface area contributed by atoms with Gasteiger partial charge < -0.3 is 24.2 Å². The van der Waals surface area contributed by atoms with Crippen molar-refractivity contribution >= 4 is 17.1 Å². The highest BCUT2D eigenvalue weighted by Gasteiger charge is 2.26. The normalized spacial score (nSPS) is 15.8. The van der Waals surface area contributed by atoms with Crippen molar-refractivity contribution in [2.75, 3.05) is 44.2 Å². The number of benzene rings is 1. The highest BCUT2D eigenvalue weighted by Crippen LogP contribution is 2.22. The number of aliphatic hydroxyl groups excluding tert-OH is 1. The molecule has 0 saturated carbocycles. The van der Waals surface area contributed by atoms with E-state index in [4.69, 9.17) is 9.72 Å². The molecule has 3 heterocycles. The molecule has 1 N–H and O–H groups in total. The fourth-order valence-corrected chi connectivity index (χ4v) is 4.28. The molecule has 0 bridgehead atoms. The van der Waals surface area contributed by atoms with Gasteiger partial charge in [0.2, 0.25) is 5.95 Å². The Bertz CT molecular complexity index is 1250. The third kappa shape index (κ3) is 4.40. The summed E-state index contributed by atoms with van der Waals surface area (Å²) in [6, 6.07) is 7.62. The van der Waals surface area contributed by atoms with Crippen LogP contribution in [-0.2, 0) is 20.6 Å². The molecule has 1 aliphatic rings. The van der Waals surface area contributed by atoms with Gasteiger partial charge in [0.15, 0.2) is 11.2 Å². The maximum Gasteiger partial charge on any atom is 0.332 e. The highest BCUT2D eigenvalue weighted by molar-refractivity contribution is 5.74. The number of hydrogen-bond acceptors (Lipinski definition) is 7. The molecule has 0 unspecified atom stereocenters. The van der Waals surface area contributed by atoms with Gasteiger partial charge in [-0.25, -0.2) is 4.79 Å². The van der Waals surface area contributed by atoms with Gasteiger partial charge in [-0.3, -0.25) is 13.9 Å². The van der Waals surface area contributed by atoms with Crippen molar-refractivity contribution in [1.82, 2.24) is 23.6 Å². The fraction of sp³-hybridized carbons (Fsp3) is 0.522. The predicted molar refractivity (Wildman–Crippen MR) is 127 cm³/mol. The fourth-order valence-electron chi connectivity index (χ4n) is 4.28. The van der Waals surface area contributed by atoms with Crippen molar-refractivity contribution in [1.29, 1.82) is 0 Å². The van der Waals surface area contributed by atoms with E-state index in [0.717, 1.165) is 42.9 Å². The van der Waals surface area contributed by atoms with Crippen molar-refractivity contribution < 1.29 is 9.84 Å². The van der Waals surface area contributed by atoms with E-state index in [2.05, 4.69) is 16.7 Å². The van der Waals surface area contributed by atoms with Gasteiger partial charge in [-0.2, -0.15) is 4.98 Å². The summed E-state index contributed by atoms with van der Waals surface area (Å²) in [6.45, 7) is 8.53. The number of rotatable bonds is 7. The maximum atomic E-state index is 13.1. The molecule has 1 aromatic carbocycles. The summed E-state index contributed by atoms with van der Waals surface area (Å²) in [5, 5.41) is 10.8. The molecule has 1 saturated heterocycles. The number of aliphatic hydroxyl groups is 1. The number of ether oxygens (including phenoxy) is 1. The van der Waals surface area contributed by atoms with Gasteiger partial charge in [-0.05, 0) is 25.1 Å². The van der Waals surface area contributed by atoms with E-state index in [1.807, 2.05) is 31.2 Å². The second-order valence-electron chi connectivity index (χ2n) is 8.55. The second-order valence-corrected chi connectivity index (χ2v) is 8.55. The second kappa shape index (κ2) is 9.40. The molecule has 10 heteroatoms. The highest BCUT2D eigenvalue weighted by atomic mass is 16.5. The molecule has 4 rings (SSSR count). The molecular formula is C23H32N6O4. The summed E-state index contributed by atoms with van der Waals surface area (Å²) in [5.74, 6) is 1.30. The van der Waals surface area contributed by atoms with Crippen molar-refractivity contribution in [3.8, 4) is 5.75 Å². The molecule has 1 aliphatic heterocycles. The third-order valence-corrected chi connectivity index (χ3v) is 6.35. The Labute approximate surface area is 192 Å². The van der Waals surface area contributed by atoms with E-state index >= 15 is 0 Å². The number of aryl methyl sites for hydroxylation is 2. The Morgan fingerprint density at radius 1 is 1.09 bits per heavy atom. The first-order valence-electron chi connectivity index (χ1n) is 11.3. The van der Waals surface area contributed by atoms with Crippen LogP contribution in [0.2, 0.25) is 0 Å². The molecule has 178 valence electrons. The number of piperazine rings is 1. The van der Waals surface area contributed by atoms with E-state index < -0.39 is 17.4 Å². The van der Waals surface area contributed by atoms with E-state index in [1.165, 1.54) is 11.6 Å². The molecule has 3 aromatic rings. The average Bonchev–Trinajstić information content (AvgIpc) is 3.20. The van der Waals surface area contributed by atoms with Crippen LogP contribution in [-0.4, -0.2) is 74.1 Å². The number of fused-ring (bicyclic) bond motifs is 1. The van der Waals surface area contributed by atoms with Gasteiger partial charge in [0.25, 0.3) is 5.56 Å². The minimum atomic E-state index is -0.875. The lowest BCUT2D eigenvalue weighted by Crippen LogP contribution is -2.47. The van der Waals surface area contributed by atoms with Gasteiger partial charge in [0.1, 0.15) is 18.5 Å². The van der Waals surface area contributed by atoms with Gasteiger partial charge in [0.05, 0.1) is 6.54 Å². The van der Waals surface area contributed by atoms with Crippen molar-refractivity contribution in [2.24, 2.45) is 14.1 Å². The number of hydrogen-bond donors (Lipinski definition) is 1. The first kappa shape index (κ1) is 23.1. The molecule has 0 amide bonds. The predicted octanol–water partition coefficient (Wildman–Crippen LogP) is 0.324. The zero-order valence-electron chi connectivity index (χ0n) is 19.7. The van der Waals surface area contributed by atoms with E-state index in [9.17, 15) is 14.7 Å². The molecule has 1 fully saturated rings. The van der Waals surface area contributed by atoms with E-state index in [0.29, 0.717) is 22.9 Å². The third-order valence-electron chi connectivity index (χ3n) is 6.35. The summed E-state index contributed by atoms with van der Waals surface area (Å²) in [6.07, 6.45) is -0.875. The van der Waals surface area contributed by atoms with Crippen molar-refractivity contribution in [2.45, 2.75) is 26.5 Å². The summed E-state index contributed by atoms with van der Waals surface area (Å²) in [5.41, 5.74) is 0.760. The summed E-state index contributed by atoms with van der Waals surface area (Å²) in [7, 11) is 3.07. The Hall–Kier alpha value is -3.11. The van der Waals surface area contributed by atoms with Crippen molar-refractivity contribution in [3.63, 3.8) is 0 Å². The van der Waals surface area contributed by atoms with Crippen LogP contribution in [0.15, 0.2) is 33.9 Å². The zero-order chi connectivity index (χ0) is 23.7. The maximum absolute atomic E-state index is 13.1. The zero-order valence-corrected chi connectivity index (χ0v) is 19.7. The quantitative estimate of drug-likeness (QED) is 0.547. The number of nitrogens with zero attached hydrogens (tertiary/aromatic N) is 6. The number of likely N-dealkylation sites (N-methyl/N-ethyl adjacent to an activating group) is 1. The van der Waals surface area contributed by atoms with Gasteiger partial charge >= 0.3 is 5.69 Å². The molecule has 0 spiro atoms. The Balaban J connectivity index is 1.69. The van der Waals surface area contributed by atoms with E-state index in [-0.39, 0.29) is 13.2 Å². The Morgan fingerprint density at radius 2 is 1.79 bits per heavy atom. The van der Waals surface area contributed by atoms with E-state index in [1.54, 1.807) is 11.6 Å². The molecule has 2 aromatic heterocycles. The van der Waals surface area contributed by atoms with Gasteiger partial charge in [0, 0.05) is 40.3 Å². The number of imidazole rings is 1. The van der Waals surface area contributed by atoms with Crippen LogP contribution < -0.4 is 20.9 Å². The number of aromatic nitrogens is 4. The monoisotopic (exact) mass is 456 g/mol. The Kier molecular flexibility index (Phi) is 6.57. The Morgan fingerprint density at radius 3 is 2.45 bits per heavy atom. The SMILES string of the molecule is CCN1CCN(c2nc3c(c(=O)n(C)c(=O)n3C)n2C[C@@H](O)COc2ccccc2C)CC1. The molecule has 0 radical (unpaired) electrons. The van der Waals surface area contributed by atoms with Crippen LogP contribution in [0.1, 0.15) is 12.5 Å². The summed E-state index contributed by atoms with van der Waals surface area (Å²) >= 11 is 0. The standard InChI is InChI=1S/C23H32N6O4/c1-5-27-10-12-28(13-11-27)22-24-20-19(21(31)26(4)23(32)25(20)3)29(22)14-17(30)15-33-18-9-7-6-8-16(18)2/h6-9,17,30H,5,10-15H2,1-4H3/t17-/m1/s1. The minimum absolute atomic E-state index is 0.0691. The van der Waals surface area contributed by atoms with Crippen LogP contribution >= 0.6 is 0 Å². The largest absolute Gasteiger partial charge is 0.491 e. The van der Waals surface area contributed by atoms with Crippen LogP contribution in [0.3, 0.4) is 0 Å². The topological polar surface area (TPSA) is 97.8 Å². The molecule has 0 aliphatic carbocycles. The van der Waals surface area contributed by atoms with Gasteiger partial charge in [-0.15, -0.1) is 0 Å². The first-order chi connectivity index (χ1) is 15.8. The van der Waals surface area contributed by atoms with Crippen LogP contribution in [0.25, 0.3) is 11.2 Å². The summed E-state index contributed by atoms with van der Waals surface area (Å²) in [4.78, 5) is 34.7. The number of anilines is 1. The lowest BCUT2D eigenvalue weighted by molar-refractivity contribution is 0.0932. The smallest absolute Gasteiger partial charge is 0.332 e. The minimum Gasteiger partial charge on any atom is -0.491 e. The lowest BCUT2D eigenvalue weighted by atomic mass is 10.2. The first-order valence-corrected chi connectivity index (χ1v) is 11.3. The molecule has 10 nitrogen and oxygen atoms in total. The molecule has 1 atom stereocenters. The lowest BCUT2D eigenvalue weighted by Gasteiger charge is -2.35.